The third kappa shape index (κ3) is 3.98. The Kier molecular flexibility index (Phi) is 4.61. The van der Waals surface area contributed by atoms with E-state index in [0.717, 1.165) is 0 Å². The van der Waals surface area contributed by atoms with Crippen molar-refractivity contribution in [3.8, 4) is 11.5 Å². The number of amides is 1. The second kappa shape index (κ2) is 6.41. The van der Waals surface area contributed by atoms with Crippen LogP contribution in [0.4, 0.5) is 5.69 Å². The number of benzene rings is 2. The summed E-state index contributed by atoms with van der Waals surface area (Å²) in [5.41, 5.74) is 6.16. The van der Waals surface area contributed by atoms with E-state index in [4.69, 9.17) is 22.1 Å². The van der Waals surface area contributed by atoms with Crippen molar-refractivity contribution in [1.82, 2.24) is 0 Å². The van der Waals surface area contributed by atoms with Gasteiger partial charge in [-0.1, -0.05) is 11.6 Å². The third-order valence-corrected chi connectivity index (χ3v) is 2.84. The van der Waals surface area contributed by atoms with Gasteiger partial charge in [-0.25, -0.2) is 0 Å². The van der Waals surface area contributed by atoms with E-state index in [2.05, 4.69) is 5.32 Å². The summed E-state index contributed by atoms with van der Waals surface area (Å²) >= 11 is 5.80. The van der Waals surface area contributed by atoms with E-state index in [1.165, 1.54) is 0 Å². The molecular formula is C15H15ClN2O2. The molecule has 2 aromatic carbocycles. The standard InChI is InChI=1S/C15H15ClN2O2/c1-10(17)15(19)18-12-4-8-14(9-5-12)20-13-6-2-11(16)3-7-13/h2-10H,17H2,1H3,(H,18,19). The van der Waals surface area contributed by atoms with E-state index in [-0.39, 0.29) is 5.91 Å². The molecule has 104 valence electrons. The van der Waals surface area contributed by atoms with Gasteiger partial charge in [0.1, 0.15) is 11.5 Å². The van der Waals surface area contributed by atoms with Crippen LogP contribution in [0.3, 0.4) is 0 Å². The zero-order valence-corrected chi connectivity index (χ0v) is 11.7. The number of hydrogen-bond acceptors (Lipinski definition) is 3. The van der Waals surface area contributed by atoms with Crippen LogP contribution in [0.1, 0.15) is 6.92 Å². The van der Waals surface area contributed by atoms with Crippen molar-refractivity contribution in [3.05, 3.63) is 53.6 Å². The smallest absolute Gasteiger partial charge is 0.240 e. The number of nitrogens with two attached hydrogens (primary N) is 1. The zero-order valence-electron chi connectivity index (χ0n) is 11.0. The Morgan fingerprint density at radius 2 is 1.60 bits per heavy atom. The van der Waals surface area contributed by atoms with Gasteiger partial charge in [0.2, 0.25) is 5.91 Å². The molecule has 0 aliphatic carbocycles. The quantitative estimate of drug-likeness (QED) is 0.907. The molecule has 2 aromatic rings. The Morgan fingerprint density at radius 1 is 1.10 bits per heavy atom. The van der Waals surface area contributed by atoms with Gasteiger partial charge in [0.15, 0.2) is 0 Å². The topological polar surface area (TPSA) is 64.4 Å². The first-order chi connectivity index (χ1) is 9.54. The summed E-state index contributed by atoms with van der Waals surface area (Å²) in [6.07, 6.45) is 0. The SMILES string of the molecule is CC(N)C(=O)Nc1ccc(Oc2ccc(Cl)cc2)cc1. The molecule has 0 radical (unpaired) electrons. The molecule has 4 nitrogen and oxygen atoms in total. The van der Waals surface area contributed by atoms with Crippen LogP contribution in [0, 0.1) is 0 Å². The maximum absolute atomic E-state index is 11.4. The van der Waals surface area contributed by atoms with Crippen molar-refractivity contribution in [2.75, 3.05) is 5.32 Å². The van der Waals surface area contributed by atoms with Gasteiger partial charge in [-0.2, -0.15) is 0 Å². The first-order valence-corrected chi connectivity index (χ1v) is 6.52. The zero-order chi connectivity index (χ0) is 14.5. The van der Waals surface area contributed by atoms with Crippen molar-refractivity contribution >= 4 is 23.2 Å². The van der Waals surface area contributed by atoms with Crippen LogP contribution < -0.4 is 15.8 Å². The molecule has 0 aliphatic heterocycles. The van der Waals surface area contributed by atoms with Crippen molar-refractivity contribution in [3.63, 3.8) is 0 Å². The van der Waals surface area contributed by atoms with Crippen LogP contribution in [-0.2, 0) is 4.79 Å². The highest BCUT2D eigenvalue weighted by atomic mass is 35.5. The monoisotopic (exact) mass is 290 g/mol. The van der Waals surface area contributed by atoms with Crippen LogP contribution in [0.15, 0.2) is 48.5 Å². The average Bonchev–Trinajstić information content (AvgIpc) is 2.43. The molecular weight excluding hydrogens is 276 g/mol. The second-order valence-electron chi connectivity index (χ2n) is 4.36. The Morgan fingerprint density at radius 3 is 2.10 bits per heavy atom. The summed E-state index contributed by atoms with van der Waals surface area (Å²) in [6.45, 7) is 1.63. The van der Waals surface area contributed by atoms with E-state index in [9.17, 15) is 4.79 Å². The highest BCUT2D eigenvalue weighted by Crippen LogP contribution is 2.24. The number of nitrogens with one attached hydrogen (secondary N) is 1. The fraction of sp³-hybridized carbons (Fsp3) is 0.133. The average molecular weight is 291 g/mol. The molecule has 5 heteroatoms. The predicted octanol–water partition coefficient (Wildman–Crippen LogP) is 3.42. The van der Waals surface area contributed by atoms with Crippen LogP contribution in [0.25, 0.3) is 0 Å². The summed E-state index contributed by atoms with van der Waals surface area (Å²) < 4.78 is 5.64. The number of hydrogen-bond donors (Lipinski definition) is 2. The second-order valence-corrected chi connectivity index (χ2v) is 4.79. The molecule has 1 atom stereocenters. The number of anilines is 1. The molecule has 1 amide bonds. The van der Waals surface area contributed by atoms with Gasteiger partial charge in [-0.15, -0.1) is 0 Å². The van der Waals surface area contributed by atoms with Gasteiger partial charge >= 0.3 is 0 Å². The number of halogens is 1. The molecule has 3 N–H and O–H groups in total. The summed E-state index contributed by atoms with van der Waals surface area (Å²) in [5.74, 6) is 1.14. The first-order valence-electron chi connectivity index (χ1n) is 6.14. The summed E-state index contributed by atoms with van der Waals surface area (Å²) in [6, 6.07) is 13.6. The van der Waals surface area contributed by atoms with Gasteiger partial charge in [0.25, 0.3) is 0 Å². The van der Waals surface area contributed by atoms with E-state index in [1.54, 1.807) is 55.5 Å². The van der Waals surface area contributed by atoms with E-state index < -0.39 is 6.04 Å². The molecule has 0 aliphatic rings. The number of ether oxygens (including phenoxy) is 1. The van der Waals surface area contributed by atoms with E-state index >= 15 is 0 Å². The van der Waals surface area contributed by atoms with Crippen molar-refractivity contribution in [2.45, 2.75) is 13.0 Å². The van der Waals surface area contributed by atoms with E-state index in [0.29, 0.717) is 22.2 Å². The molecule has 0 saturated carbocycles. The maximum Gasteiger partial charge on any atom is 0.240 e. The molecule has 0 fully saturated rings. The minimum atomic E-state index is -0.542. The van der Waals surface area contributed by atoms with Crippen molar-refractivity contribution in [2.24, 2.45) is 5.73 Å². The maximum atomic E-state index is 11.4. The Hall–Kier alpha value is -2.04. The van der Waals surface area contributed by atoms with Crippen molar-refractivity contribution in [1.29, 1.82) is 0 Å². The van der Waals surface area contributed by atoms with Crippen LogP contribution >= 0.6 is 11.6 Å². The van der Waals surface area contributed by atoms with Gasteiger partial charge in [0.05, 0.1) is 6.04 Å². The lowest BCUT2D eigenvalue weighted by atomic mass is 10.2. The number of rotatable bonds is 4. The minimum Gasteiger partial charge on any atom is -0.457 e. The van der Waals surface area contributed by atoms with Crippen LogP contribution in [-0.4, -0.2) is 11.9 Å². The Balaban J connectivity index is 2.01. The fourth-order valence-electron chi connectivity index (χ4n) is 1.50. The highest BCUT2D eigenvalue weighted by Gasteiger charge is 2.07. The summed E-state index contributed by atoms with van der Waals surface area (Å²) in [4.78, 5) is 11.4. The molecule has 2 rings (SSSR count). The third-order valence-electron chi connectivity index (χ3n) is 2.58. The predicted molar refractivity (Wildman–Crippen MR) is 80.2 cm³/mol. The summed E-state index contributed by atoms with van der Waals surface area (Å²) in [5, 5.41) is 3.36. The molecule has 0 heterocycles. The number of carbonyl (C=O) groups excluding carboxylic acids is 1. The van der Waals surface area contributed by atoms with Gasteiger partial charge in [0, 0.05) is 10.7 Å². The van der Waals surface area contributed by atoms with Gasteiger partial charge in [-0.3, -0.25) is 4.79 Å². The highest BCUT2D eigenvalue weighted by molar-refractivity contribution is 6.30. The Labute approximate surface area is 122 Å². The van der Waals surface area contributed by atoms with Gasteiger partial charge in [-0.05, 0) is 55.5 Å². The first kappa shape index (κ1) is 14.4. The lowest BCUT2D eigenvalue weighted by molar-refractivity contribution is -0.117. The van der Waals surface area contributed by atoms with Crippen LogP contribution in [0.2, 0.25) is 5.02 Å². The van der Waals surface area contributed by atoms with Gasteiger partial charge < -0.3 is 15.8 Å². The van der Waals surface area contributed by atoms with Crippen LogP contribution in [0.5, 0.6) is 11.5 Å². The largest absolute Gasteiger partial charge is 0.457 e. The number of carbonyl (C=O) groups is 1. The lowest BCUT2D eigenvalue weighted by Crippen LogP contribution is -2.32. The lowest BCUT2D eigenvalue weighted by Gasteiger charge is -2.09. The normalized spacial score (nSPS) is 11.8. The van der Waals surface area contributed by atoms with E-state index in [1.807, 2.05) is 0 Å². The fourth-order valence-corrected chi connectivity index (χ4v) is 1.63. The Bertz CT molecular complexity index is 580. The molecule has 20 heavy (non-hydrogen) atoms. The molecule has 0 aromatic heterocycles. The molecule has 0 spiro atoms. The summed E-state index contributed by atoms with van der Waals surface area (Å²) in [7, 11) is 0. The molecule has 0 bridgehead atoms. The minimum absolute atomic E-state index is 0.226. The molecule has 1 unspecified atom stereocenters. The molecule has 0 saturated heterocycles. The van der Waals surface area contributed by atoms with Crippen molar-refractivity contribution < 1.29 is 9.53 Å².